The molecule has 0 saturated carbocycles. The number of hydrogen-bond donors (Lipinski definition) is 2. The molecule has 0 aliphatic carbocycles. The highest BCUT2D eigenvalue weighted by Crippen LogP contribution is 2.13. The molecule has 1 aromatic rings. The predicted molar refractivity (Wildman–Crippen MR) is 60.2 cm³/mol. The molecular formula is C11H17N3O. The molecule has 1 heterocycles. The summed E-state index contributed by atoms with van der Waals surface area (Å²) < 4.78 is 0. The smallest absolute Gasteiger partial charge is 0.141 e. The van der Waals surface area contributed by atoms with E-state index in [4.69, 9.17) is 11.5 Å². The lowest BCUT2D eigenvalue weighted by Crippen LogP contribution is -2.31. The van der Waals surface area contributed by atoms with Crippen molar-refractivity contribution in [2.24, 2.45) is 11.7 Å². The lowest BCUT2D eigenvalue weighted by molar-refractivity contribution is -0.122. The molecule has 1 rings (SSSR count). The van der Waals surface area contributed by atoms with Crippen LogP contribution >= 0.6 is 0 Å². The molecule has 2 atom stereocenters. The van der Waals surface area contributed by atoms with E-state index in [1.165, 1.54) is 0 Å². The van der Waals surface area contributed by atoms with Gasteiger partial charge in [-0.05, 0) is 13.0 Å². The molecule has 1 aromatic heterocycles. The Morgan fingerprint density at radius 2 is 2.20 bits per heavy atom. The van der Waals surface area contributed by atoms with Crippen LogP contribution in [0.25, 0.3) is 0 Å². The highest BCUT2D eigenvalue weighted by atomic mass is 16.1. The normalized spacial score (nSPS) is 14.6. The number of nitrogen functional groups attached to an aromatic ring is 1. The van der Waals surface area contributed by atoms with Gasteiger partial charge in [0, 0.05) is 42.0 Å². The van der Waals surface area contributed by atoms with Gasteiger partial charge in [0.2, 0.25) is 0 Å². The van der Waals surface area contributed by atoms with E-state index in [0.29, 0.717) is 12.1 Å². The number of aromatic nitrogens is 1. The fourth-order valence-electron chi connectivity index (χ4n) is 1.23. The topological polar surface area (TPSA) is 82.0 Å². The lowest BCUT2D eigenvalue weighted by Gasteiger charge is -2.14. The number of carbonyl (C=O) groups is 1. The van der Waals surface area contributed by atoms with Crippen molar-refractivity contribution in [1.82, 2.24) is 4.98 Å². The van der Waals surface area contributed by atoms with Crippen molar-refractivity contribution >= 4 is 11.5 Å². The molecule has 82 valence electrons. The zero-order chi connectivity index (χ0) is 11.4. The Morgan fingerprint density at radius 1 is 1.53 bits per heavy atom. The van der Waals surface area contributed by atoms with E-state index < -0.39 is 0 Å². The van der Waals surface area contributed by atoms with Gasteiger partial charge in [-0.15, -0.1) is 0 Å². The van der Waals surface area contributed by atoms with Crippen molar-refractivity contribution in [3.8, 4) is 0 Å². The van der Waals surface area contributed by atoms with Gasteiger partial charge in [-0.2, -0.15) is 0 Å². The van der Waals surface area contributed by atoms with Crippen LogP contribution in [0.15, 0.2) is 18.5 Å². The van der Waals surface area contributed by atoms with Crippen molar-refractivity contribution in [2.75, 3.05) is 5.73 Å². The fraction of sp³-hybridized carbons (Fsp3) is 0.455. The molecule has 4 N–H and O–H groups in total. The number of rotatable bonds is 4. The third kappa shape index (κ3) is 3.02. The fourth-order valence-corrected chi connectivity index (χ4v) is 1.23. The second-order valence-corrected chi connectivity index (χ2v) is 3.87. The van der Waals surface area contributed by atoms with Gasteiger partial charge in [-0.25, -0.2) is 0 Å². The molecule has 0 aromatic carbocycles. The van der Waals surface area contributed by atoms with Gasteiger partial charge in [0.15, 0.2) is 0 Å². The number of nitrogens with zero attached hydrogens (tertiary/aromatic N) is 1. The molecule has 0 radical (unpaired) electrons. The van der Waals surface area contributed by atoms with Crippen LogP contribution < -0.4 is 11.5 Å². The number of carbonyl (C=O) groups excluding carboxylic acids is 1. The van der Waals surface area contributed by atoms with Gasteiger partial charge in [-0.1, -0.05) is 6.92 Å². The van der Waals surface area contributed by atoms with Crippen LogP contribution in [-0.4, -0.2) is 16.8 Å². The third-order valence-corrected chi connectivity index (χ3v) is 2.60. The van der Waals surface area contributed by atoms with E-state index in [-0.39, 0.29) is 17.7 Å². The quantitative estimate of drug-likeness (QED) is 0.763. The summed E-state index contributed by atoms with van der Waals surface area (Å²) in [7, 11) is 0. The summed E-state index contributed by atoms with van der Waals surface area (Å²) >= 11 is 0. The first-order chi connectivity index (χ1) is 7.02. The van der Waals surface area contributed by atoms with Crippen LogP contribution in [0, 0.1) is 5.92 Å². The maximum Gasteiger partial charge on any atom is 0.141 e. The van der Waals surface area contributed by atoms with Crippen molar-refractivity contribution < 1.29 is 4.79 Å². The molecule has 0 aliphatic heterocycles. The van der Waals surface area contributed by atoms with Crippen molar-refractivity contribution in [3.05, 3.63) is 24.0 Å². The first-order valence-electron chi connectivity index (χ1n) is 4.99. The van der Waals surface area contributed by atoms with Crippen LogP contribution in [0.5, 0.6) is 0 Å². The van der Waals surface area contributed by atoms with E-state index in [1.54, 1.807) is 18.5 Å². The molecule has 4 nitrogen and oxygen atoms in total. The monoisotopic (exact) mass is 207 g/mol. The Bertz CT molecular complexity index is 349. The first kappa shape index (κ1) is 11.7. The van der Waals surface area contributed by atoms with Crippen molar-refractivity contribution in [2.45, 2.75) is 26.3 Å². The average molecular weight is 207 g/mol. The number of Topliss-reactive ketones (excluding diaryl/α,β-unsaturated/α-hetero) is 1. The Kier molecular flexibility index (Phi) is 3.80. The summed E-state index contributed by atoms with van der Waals surface area (Å²) in [6.45, 7) is 3.66. The zero-order valence-electron chi connectivity index (χ0n) is 9.10. The van der Waals surface area contributed by atoms with Crippen molar-refractivity contribution in [1.29, 1.82) is 0 Å². The van der Waals surface area contributed by atoms with Gasteiger partial charge in [0.25, 0.3) is 0 Å². The number of ketones is 1. The minimum Gasteiger partial charge on any atom is -0.398 e. The highest BCUT2D eigenvalue weighted by Gasteiger charge is 2.17. The van der Waals surface area contributed by atoms with Gasteiger partial charge in [0.05, 0.1) is 0 Å². The average Bonchev–Trinajstić information content (AvgIpc) is 2.20. The minimum atomic E-state index is -0.149. The van der Waals surface area contributed by atoms with Crippen LogP contribution in [0.1, 0.15) is 19.4 Å². The van der Waals surface area contributed by atoms with Crippen molar-refractivity contribution in [3.63, 3.8) is 0 Å². The molecule has 0 aliphatic rings. The maximum absolute atomic E-state index is 11.7. The largest absolute Gasteiger partial charge is 0.398 e. The van der Waals surface area contributed by atoms with Gasteiger partial charge >= 0.3 is 0 Å². The molecule has 0 saturated heterocycles. The number of nitrogens with two attached hydrogens (primary N) is 2. The van der Waals surface area contributed by atoms with E-state index in [9.17, 15) is 4.79 Å². The van der Waals surface area contributed by atoms with Crippen LogP contribution in [0.3, 0.4) is 0 Å². The summed E-state index contributed by atoms with van der Waals surface area (Å²) in [5, 5.41) is 0. The summed E-state index contributed by atoms with van der Waals surface area (Å²) in [6.07, 6.45) is 3.54. The molecule has 0 spiro atoms. The number of pyridine rings is 1. The van der Waals surface area contributed by atoms with Gasteiger partial charge in [-0.3, -0.25) is 9.78 Å². The molecule has 4 heteroatoms. The first-order valence-corrected chi connectivity index (χ1v) is 4.99. The van der Waals surface area contributed by atoms with Gasteiger partial charge < -0.3 is 11.5 Å². The molecule has 0 bridgehead atoms. The summed E-state index contributed by atoms with van der Waals surface area (Å²) in [5.41, 5.74) is 12.8. The molecule has 15 heavy (non-hydrogen) atoms. The second kappa shape index (κ2) is 4.89. The number of hydrogen-bond acceptors (Lipinski definition) is 4. The Hall–Kier alpha value is -1.42. The zero-order valence-corrected chi connectivity index (χ0v) is 9.10. The van der Waals surface area contributed by atoms with Crippen LogP contribution in [-0.2, 0) is 11.2 Å². The highest BCUT2D eigenvalue weighted by molar-refractivity contribution is 5.84. The van der Waals surface area contributed by atoms with E-state index in [2.05, 4.69) is 4.98 Å². The maximum atomic E-state index is 11.7. The summed E-state index contributed by atoms with van der Waals surface area (Å²) in [6, 6.07) is 1.56. The minimum absolute atomic E-state index is 0.102. The van der Waals surface area contributed by atoms with E-state index in [1.807, 2.05) is 13.8 Å². The Balaban J connectivity index is 2.71. The Morgan fingerprint density at radius 3 is 2.73 bits per heavy atom. The second-order valence-electron chi connectivity index (χ2n) is 3.87. The molecule has 0 fully saturated rings. The summed E-state index contributed by atoms with van der Waals surface area (Å²) in [4.78, 5) is 15.7. The third-order valence-electron chi connectivity index (χ3n) is 2.60. The van der Waals surface area contributed by atoms with Crippen LogP contribution in [0.4, 0.5) is 5.69 Å². The molecular weight excluding hydrogens is 190 g/mol. The molecule has 0 amide bonds. The standard InChI is InChI=1S/C11H17N3O/c1-7(8(2)12)11(15)5-9-6-14-4-3-10(9)13/h3-4,6-8H,5,12H2,1-2H3,(H2,13,14). The Labute approximate surface area is 89.7 Å². The lowest BCUT2D eigenvalue weighted by atomic mass is 9.94. The van der Waals surface area contributed by atoms with E-state index >= 15 is 0 Å². The summed E-state index contributed by atoms with van der Waals surface area (Å²) in [5.74, 6) is -0.0469. The van der Waals surface area contributed by atoms with E-state index in [0.717, 1.165) is 5.56 Å². The van der Waals surface area contributed by atoms with Gasteiger partial charge in [0.1, 0.15) is 5.78 Å². The van der Waals surface area contributed by atoms with Crippen LogP contribution in [0.2, 0.25) is 0 Å². The number of anilines is 1. The SMILES string of the molecule is CC(N)C(C)C(=O)Cc1cnccc1N. The molecule has 2 unspecified atom stereocenters. The predicted octanol–water partition coefficient (Wildman–Crippen LogP) is 0.759.